The van der Waals surface area contributed by atoms with Gasteiger partial charge in [0.25, 0.3) is 0 Å². The minimum Gasteiger partial charge on any atom is -0.479 e. The van der Waals surface area contributed by atoms with Gasteiger partial charge in [-0.1, -0.05) is 35.9 Å². The minimum absolute atomic E-state index is 0.739. The largest absolute Gasteiger partial charge is 0.479 e. The Hall–Kier alpha value is -2.29. The van der Waals surface area contributed by atoms with Crippen LogP contribution in [-0.4, -0.2) is 11.1 Å². The first-order valence-corrected chi connectivity index (χ1v) is 6.60. The molecular formula is C17H19NO2. The Kier molecular flexibility index (Phi) is 4.08. The Labute approximate surface area is 119 Å². The van der Waals surface area contributed by atoms with Gasteiger partial charge in [-0.05, 0) is 49.6 Å². The highest BCUT2D eigenvalue weighted by Gasteiger charge is 2.19. The lowest BCUT2D eigenvalue weighted by Gasteiger charge is -2.17. The summed E-state index contributed by atoms with van der Waals surface area (Å²) in [5.74, 6) is -0.881. The fourth-order valence-electron chi connectivity index (χ4n) is 2.27. The van der Waals surface area contributed by atoms with Crippen LogP contribution in [0.3, 0.4) is 0 Å². The summed E-state index contributed by atoms with van der Waals surface area (Å²) in [7, 11) is 0. The van der Waals surface area contributed by atoms with Gasteiger partial charge in [-0.25, -0.2) is 4.79 Å². The first-order chi connectivity index (χ1) is 9.45. The third-order valence-corrected chi connectivity index (χ3v) is 3.19. The summed E-state index contributed by atoms with van der Waals surface area (Å²) in [4.78, 5) is 11.5. The quantitative estimate of drug-likeness (QED) is 0.886. The maximum absolute atomic E-state index is 11.5. The van der Waals surface area contributed by atoms with Crippen molar-refractivity contribution in [1.29, 1.82) is 0 Å². The second kappa shape index (κ2) is 5.78. The molecule has 0 saturated heterocycles. The van der Waals surface area contributed by atoms with Crippen LogP contribution in [0.15, 0.2) is 42.5 Å². The first-order valence-electron chi connectivity index (χ1n) is 6.60. The van der Waals surface area contributed by atoms with Crippen molar-refractivity contribution < 1.29 is 9.90 Å². The Morgan fingerprint density at radius 2 is 1.50 bits per heavy atom. The van der Waals surface area contributed by atoms with E-state index in [0.717, 1.165) is 27.9 Å². The third kappa shape index (κ3) is 3.38. The van der Waals surface area contributed by atoms with Crippen LogP contribution >= 0.6 is 0 Å². The predicted molar refractivity (Wildman–Crippen MR) is 81.1 cm³/mol. The first kappa shape index (κ1) is 14.1. The van der Waals surface area contributed by atoms with Crippen molar-refractivity contribution in [2.24, 2.45) is 0 Å². The minimum atomic E-state index is -0.881. The number of hydrogen-bond donors (Lipinski definition) is 2. The molecule has 0 aromatic heterocycles. The highest BCUT2D eigenvalue weighted by Crippen LogP contribution is 2.22. The topological polar surface area (TPSA) is 49.3 Å². The van der Waals surface area contributed by atoms with Crippen molar-refractivity contribution in [2.75, 3.05) is 5.32 Å². The van der Waals surface area contributed by atoms with E-state index in [1.54, 1.807) is 0 Å². The number of aryl methyl sites for hydroxylation is 3. The van der Waals surface area contributed by atoms with E-state index >= 15 is 0 Å². The van der Waals surface area contributed by atoms with Crippen molar-refractivity contribution in [3.05, 3.63) is 64.7 Å². The van der Waals surface area contributed by atoms with Gasteiger partial charge >= 0.3 is 5.97 Å². The number of carboxylic acid groups (broad SMARTS) is 1. The molecule has 0 saturated carbocycles. The molecule has 0 heterocycles. The van der Waals surface area contributed by atoms with Gasteiger partial charge in [-0.2, -0.15) is 0 Å². The van der Waals surface area contributed by atoms with E-state index in [9.17, 15) is 9.90 Å². The molecule has 0 unspecified atom stereocenters. The van der Waals surface area contributed by atoms with Crippen LogP contribution in [-0.2, 0) is 4.79 Å². The number of anilines is 1. The molecule has 104 valence electrons. The number of rotatable bonds is 4. The van der Waals surface area contributed by atoms with Gasteiger partial charge in [-0.3, -0.25) is 0 Å². The SMILES string of the molecule is Cc1ccc([C@@H](Nc2cc(C)cc(C)c2)C(=O)O)cc1. The van der Waals surface area contributed by atoms with Crippen molar-refractivity contribution in [3.8, 4) is 0 Å². The smallest absolute Gasteiger partial charge is 0.330 e. The summed E-state index contributed by atoms with van der Waals surface area (Å²) in [6.45, 7) is 5.98. The molecule has 20 heavy (non-hydrogen) atoms. The molecule has 0 aliphatic heterocycles. The van der Waals surface area contributed by atoms with E-state index in [1.807, 2.05) is 57.2 Å². The van der Waals surface area contributed by atoms with Crippen LogP contribution in [0.1, 0.15) is 28.3 Å². The molecule has 0 fully saturated rings. The monoisotopic (exact) mass is 269 g/mol. The van der Waals surface area contributed by atoms with Crippen molar-refractivity contribution >= 4 is 11.7 Å². The van der Waals surface area contributed by atoms with Gasteiger partial charge < -0.3 is 10.4 Å². The number of aliphatic carboxylic acids is 1. The van der Waals surface area contributed by atoms with Crippen LogP contribution in [0, 0.1) is 20.8 Å². The molecular weight excluding hydrogens is 250 g/mol. The molecule has 3 heteroatoms. The van der Waals surface area contributed by atoms with Gasteiger partial charge in [0.05, 0.1) is 0 Å². The standard InChI is InChI=1S/C17H19NO2/c1-11-4-6-14(7-5-11)16(17(19)20)18-15-9-12(2)8-13(3)10-15/h4-10,16,18H,1-3H3,(H,19,20)/t16-/m1/s1. The molecule has 0 spiro atoms. The second-order valence-electron chi connectivity index (χ2n) is 5.20. The fourth-order valence-corrected chi connectivity index (χ4v) is 2.27. The lowest BCUT2D eigenvalue weighted by molar-refractivity contribution is -0.138. The highest BCUT2D eigenvalue weighted by atomic mass is 16.4. The summed E-state index contributed by atoms with van der Waals surface area (Å²) >= 11 is 0. The lowest BCUT2D eigenvalue weighted by Crippen LogP contribution is -2.20. The van der Waals surface area contributed by atoms with Crippen LogP contribution in [0.4, 0.5) is 5.69 Å². The van der Waals surface area contributed by atoms with E-state index in [1.165, 1.54) is 0 Å². The maximum atomic E-state index is 11.5. The molecule has 0 aliphatic carbocycles. The maximum Gasteiger partial charge on any atom is 0.330 e. The number of benzene rings is 2. The average molecular weight is 269 g/mol. The Balaban J connectivity index is 2.30. The van der Waals surface area contributed by atoms with Crippen LogP contribution in [0.25, 0.3) is 0 Å². The zero-order valence-corrected chi connectivity index (χ0v) is 12.0. The number of carbonyl (C=O) groups is 1. The predicted octanol–water partition coefficient (Wildman–Crippen LogP) is 3.85. The van der Waals surface area contributed by atoms with E-state index in [4.69, 9.17) is 0 Å². The molecule has 2 N–H and O–H groups in total. The molecule has 2 aromatic rings. The van der Waals surface area contributed by atoms with Crippen LogP contribution in [0.2, 0.25) is 0 Å². The van der Waals surface area contributed by atoms with Crippen molar-refractivity contribution in [1.82, 2.24) is 0 Å². The summed E-state index contributed by atoms with van der Waals surface area (Å²) in [5, 5.41) is 12.5. The lowest BCUT2D eigenvalue weighted by atomic mass is 10.0. The zero-order chi connectivity index (χ0) is 14.7. The van der Waals surface area contributed by atoms with Crippen LogP contribution < -0.4 is 5.32 Å². The van der Waals surface area contributed by atoms with E-state index in [2.05, 4.69) is 11.4 Å². The van der Waals surface area contributed by atoms with E-state index in [-0.39, 0.29) is 0 Å². The van der Waals surface area contributed by atoms with E-state index in [0.29, 0.717) is 0 Å². The van der Waals surface area contributed by atoms with Gasteiger partial charge in [0.1, 0.15) is 0 Å². The Bertz CT molecular complexity index is 597. The molecule has 2 rings (SSSR count). The third-order valence-electron chi connectivity index (χ3n) is 3.19. The fraction of sp³-hybridized carbons (Fsp3) is 0.235. The molecule has 0 amide bonds. The zero-order valence-electron chi connectivity index (χ0n) is 12.0. The molecule has 0 radical (unpaired) electrons. The molecule has 1 atom stereocenters. The highest BCUT2D eigenvalue weighted by molar-refractivity contribution is 5.79. The van der Waals surface area contributed by atoms with Gasteiger partial charge in [0.15, 0.2) is 6.04 Å². The molecule has 0 aliphatic rings. The average Bonchev–Trinajstić information content (AvgIpc) is 2.36. The molecule has 3 nitrogen and oxygen atoms in total. The number of hydrogen-bond acceptors (Lipinski definition) is 2. The molecule has 0 bridgehead atoms. The molecule has 2 aromatic carbocycles. The summed E-state index contributed by atoms with van der Waals surface area (Å²) < 4.78 is 0. The van der Waals surface area contributed by atoms with Crippen molar-refractivity contribution in [3.63, 3.8) is 0 Å². The number of nitrogens with one attached hydrogen (secondary N) is 1. The second-order valence-corrected chi connectivity index (χ2v) is 5.20. The Morgan fingerprint density at radius 1 is 0.950 bits per heavy atom. The van der Waals surface area contributed by atoms with E-state index < -0.39 is 12.0 Å². The van der Waals surface area contributed by atoms with Gasteiger partial charge in [0.2, 0.25) is 0 Å². The van der Waals surface area contributed by atoms with Crippen LogP contribution in [0.5, 0.6) is 0 Å². The number of carboxylic acids is 1. The van der Waals surface area contributed by atoms with Crippen molar-refractivity contribution in [2.45, 2.75) is 26.8 Å². The summed E-state index contributed by atoms with van der Waals surface area (Å²) in [5.41, 5.74) is 4.92. The summed E-state index contributed by atoms with van der Waals surface area (Å²) in [6, 6.07) is 12.8. The van der Waals surface area contributed by atoms with Gasteiger partial charge in [-0.15, -0.1) is 0 Å². The Morgan fingerprint density at radius 3 is 2.00 bits per heavy atom. The normalized spacial score (nSPS) is 11.9. The summed E-state index contributed by atoms with van der Waals surface area (Å²) in [6.07, 6.45) is 0. The van der Waals surface area contributed by atoms with Gasteiger partial charge in [0, 0.05) is 5.69 Å².